The van der Waals surface area contributed by atoms with Crippen molar-refractivity contribution in [3.63, 3.8) is 0 Å². The summed E-state index contributed by atoms with van der Waals surface area (Å²) in [6.07, 6.45) is 0. The van der Waals surface area contributed by atoms with Gasteiger partial charge in [0.15, 0.2) is 0 Å². The van der Waals surface area contributed by atoms with Crippen LogP contribution in [0.1, 0.15) is 0 Å². The second-order valence-corrected chi connectivity index (χ2v) is 10.3. The van der Waals surface area contributed by atoms with Gasteiger partial charge in [0.2, 0.25) is 0 Å². The first kappa shape index (κ1) is 22.9. The first-order chi connectivity index (χ1) is 14.3. The molecule has 0 fully saturated rings. The van der Waals surface area contributed by atoms with Crippen LogP contribution in [0, 0.1) is 0 Å². The molecule has 0 heterocycles. The van der Waals surface area contributed by atoms with Crippen LogP contribution in [0.15, 0.2) is 87.5 Å². The SMILES string of the molecule is O=S(=O)([O-])c1ccc(N(c2ccc(S(=O)(=O)[O-])cc2)c2ccc(S(=O)(=O)[O-])cc2)cc1. The number of hydrogen-bond donors (Lipinski definition) is 0. The zero-order chi connectivity index (χ0) is 23.0. The predicted molar refractivity (Wildman–Crippen MR) is 105 cm³/mol. The van der Waals surface area contributed by atoms with Crippen LogP contribution in [0.2, 0.25) is 0 Å². The number of anilines is 3. The smallest absolute Gasteiger partial charge is 0.124 e. The summed E-state index contributed by atoms with van der Waals surface area (Å²) in [5.74, 6) is 0. The van der Waals surface area contributed by atoms with Crippen LogP contribution in [0.25, 0.3) is 0 Å². The highest BCUT2D eigenvalue weighted by Crippen LogP contribution is 2.35. The molecule has 3 aromatic rings. The largest absolute Gasteiger partial charge is 0.744 e. The highest BCUT2D eigenvalue weighted by Gasteiger charge is 2.15. The van der Waals surface area contributed by atoms with E-state index in [-0.39, 0.29) is 0 Å². The molecular formula is C18H12NO9S3-3. The van der Waals surface area contributed by atoms with Gasteiger partial charge in [0.25, 0.3) is 0 Å². The summed E-state index contributed by atoms with van der Waals surface area (Å²) in [4.78, 5) is 0.0363. The van der Waals surface area contributed by atoms with Crippen molar-refractivity contribution in [1.29, 1.82) is 0 Å². The second kappa shape index (κ2) is 8.03. The van der Waals surface area contributed by atoms with Crippen molar-refractivity contribution >= 4 is 47.4 Å². The second-order valence-electron chi connectivity index (χ2n) is 6.18. The minimum Gasteiger partial charge on any atom is -0.744 e. The normalized spacial score (nSPS) is 12.5. The number of nitrogens with zero attached hydrogens (tertiary/aromatic N) is 1. The van der Waals surface area contributed by atoms with E-state index in [2.05, 4.69) is 0 Å². The molecule has 0 bridgehead atoms. The van der Waals surface area contributed by atoms with Gasteiger partial charge in [-0.3, -0.25) is 0 Å². The standard InChI is InChI=1S/C18H15NO9S3/c20-29(21,22)16-7-1-13(2-8-16)19(14-3-9-17(10-4-14)30(23,24)25)15-5-11-18(12-6-15)31(26,27)28/h1-12H,(H,20,21,22)(H,23,24,25)(H,26,27,28)/p-3. The van der Waals surface area contributed by atoms with Crippen LogP contribution >= 0.6 is 0 Å². The van der Waals surface area contributed by atoms with E-state index in [0.717, 1.165) is 36.4 Å². The molecule has 0 aliphatic heterocycles. The average Bonchev–Trinajstić information content (AvgIpc) is 2.67. The first-order valence-electron chi connectivity index (χ1n) is 8.25. The van der Waals surface area contributed by atoms with Gasteiger partial charge in [-0.05, 0) is 72.8 Å². The predicted octanol–water partition coefficient (Wildman–Crippen LogP) is 1.87. The van der Waals surface area contributed by atoms with Crippen LogP contribution in [0.3, 0.4) is 0 Å². The summed E-state index contributed by atoms with van der Waals surface area (Å²) < 4.78 is 101. The fourth-order valence-corrected chi connectivity index (χ4v) is 4.14. The van der Waals surface area contributed by atoms with Crippen molar-refractivity contribution in [1.82, 2.24) is 0 Å². The van der Waals surface area contributed by atoms with Crippen LogP contribution in [-0.2, 0) is 30.4 Å². The number of benzene rings is 3. The van der Waals surface area contributed by atoms with Gasteiger partial charge < -0.3 is 18.6 Å². The highest BCUT2D eigenvalue weighted by molar-refractivity contribution is 7.86. The van der Waals surface area contributed by atoms with Crippen molar-refractivity contribution in [3.8, 4) is 0 Å². The lowest BCUT2D eigenvalue weighted by atomic mass is 10.2. The molecule has 13 heteroatoms. The first-order valence-corrected chi connectivity index (χ1v) is 12.5. The van der Waals surface area contributed by atoms with Gasteiger partial charge in [-0.1, -0.05) is 0 Å². The minimum absolute atomic E-state index is 0.322. The Labute approximate surface area is 178 Å². The van der Waals surface area contributed by atoms with Gasteiger partial charge in [-0.2, -0.15) is 0 Å². The Bertz CT molecular complexity index is 1230. The quantitative estimate of drug-likeness (QED) is 0.471. The van der Waals surface area contributed by atoms with E-state index in [4.69, 9.17) is 0 Å². The third-order valence-electron chi connectivity index (χ3n) is 4.15. The van der Waals surface area contributed by atoms with Gasteiger partial charge in [0, 0.05) is 17.1 Å². The summed E-state index contributed by atoms with van der Waals surface area (Å²) in [7, 11) is -14.1. The molecule has 0 N–H and O–H groups in total. The van der Waals surface area contributed by atoms with Crippen molar-refractivity contribution in [2.24, 2.45) is 0 Å². The maximum atomic E-state index is 11.2. The van der Waals surface area contributed by atoms with Crippen molar-refractivity contribution in [2.45, 2.75) is 14.7 Å². The molecule has 10 nitrogen and oxygen atoms in total. The highest BCUT2D eigenvalue weighted by atomic mass is 32.2. The molecule has 3 rings (SSSR count). The Morgan fingerprint density at radius 2 is 0.613 bits per heavy atom. The van der Waals surface area contributed by atoms with Gasteiger partial charge >= 0.3 is 0 Å². The average molecular weight is 482 g/mol. The monoisotopic (exact) mass is 482 g/mol. The summed E-state index contributed by atoms with van der Waals surface area (Å²) >= 11 is 0. The topological polar surface area (TPSA) is 175 Å². The number of hydrogen-bond acceptors (Lipinski definition) is 10. The van der Waals surface area contributed by atoms with E-state index in [0.29, 0.717) is 17.1 Å². The Morgan fingerprint density at radius 3 is 0.774 bits per heavy atom. The molecule has 0 atom stereocenters. The van der Waals surface area contributed by atoms with Gasteiger partial charge in [0.05, 0.1) is 14.7 Å². The lowest BCUT2D eigenvalue weighted by Gasteiger charge is -2.26. The van der Waals surface area contributed by atoms with Crippen LogP contribution in [-0.4, -0.2) is 38.9 Å². The van der Waals surface area contributed by atoms with Crippen LogP contribution < -0.4 is 4.90 Å². The maximum absolute atomic E-state index is 11.2. The van der Waals surface area contributed by atoms with Crippen molar-refractivity contribution in [3.05, 3.63) is 72.8 Å². The van der Waals surface area contributed by atoms with Gasteiger partial charge in [0.1, 0.15) is 30.4 Å². The zero-order valence-electron chi connectivity index (χ0n) is 15.3. The van der Waals surface area contributed by atoms with E-state index in [9.17, 15) is 38.9 Å². The Balaban J connectivity index is 2.14. The van der Waals surface area contributed by atoms with Crippen LogP contribution in [0.5, 0.6) is 0 Å². The van der Waals surface area contributed by atoms with Gasteiger partial charge in [-0.25, -0.2) is 25.3 Å². The molecule has 0 unspecified atom stereocenters. The maximum Gasteiger partial charge on any atom is 0.124 e. The van der Waals surface area contributed by atoms with Crippen molar-refractivity contribution < 1.29 is 38.9 Å². The zero-order valence-corrected chi connectivity index (χ0v) is 17.7. The lowest BCUT2D eigenvalue weighted by Crippen LogP contribution is -2.11. The fraction of sp³-hybridized carbons (Fsp3) is 0. The van der Waals surface area contributed by atoms with Crippen LogP contribution in [0.4, 0.5) is 17.1 Å². The van der Waals surface area contributed by atoms with E-state index >= 15 is 0 Å². The molecule has 0 aliphatic rings. The molecule has 3 aromatic carbocycles. The van der Waals surface area contributed by atoms with Crippen molar-refractivity contribution in [2.75, 3.05) is 4.90 Å². The molecule has 0 saturated carbocycles. The molecule has 0 spiro atoms. The third kappa shape index (κ3) is 5.28. The van der Waals surface area contributed by atoms with Gasteiger partial charge in [-0.15, -0.1) is 0 Å². The van der Waals surface area contributed by atoms with E-state index in [1.807, 2.05) is 0 Å². The molecule has 164 valence electrons. The summed E-state index contributed by atoms with van der Waals surface area (Å²) in [5.41, 5.74) is 0.966. The molecule has 0 aromatic heterocycles. The Kier molecular flexibility index (Phi) is 5.92. The molecule has 0 radical (unpaired) electrons. The minimum atomic E-state index is -4.69. The molecular weight excluding hydrogens is 470 g/mol. The number of rotatable bonds is 6. The Morgan fingerprint density at radius 1 is 0.419 bits per heavy atom. The summed E-state index contributed by atoms with van der Waals surface area (Å²) in [5, 5.41) is 0. The molecule has 31 heavy (non-hydrogen) atoms. The molecule has 0 aliphatic carbocycles. The van der Waals surface area contributed by atoms with E-state index in [1.165, 1.54) is 41.3 Å². The van der Waals surface area contributed by atoms with E-state index in [1.54, 1.807) is 0 Å². The Hall–Kier alpha value is -2.81. The lowest BCUT2D eigenvalue weighted by molar-refractivity contribution is 0.461. The van der Waals surface area contributed by atoms with E-state index < -0.39 is 45.0 Å². The summed E-state index contributed by atoms with van der Waals surface area (Å²) in [6.45, 7) is 0. The summed E-state index contributed by atoms with van der Waals surface area (Å²) in [6, 6.07) is 14.2. The molecule has 0 saturated heterocycles. The third-order valence-corrected chi connectivity index (χ3v) is 6.70. The molecule has 0 amide bonds. The fourth-order valence-electron chi connectivity index (χ4n) is 2.73.